The summed E-state index contributed by atoms with van der Waals surface area (Å²) in [4.78, 5) is 2.60. The van der Waals surface area contributed by atoms with E-state index in [-0.39, 0.29) is 5.54 Å². The van der Waals surface area contributed by atoms with Crippen LogP contribution in [0.3, 0.4) is 0 Å². The Morgan fingerprint density at radius 2 is 2.15 bits per heavy atom. The van der Waals surface area contributed by atoms with Crippen molar-refractivity contribution in [2.75, 3.05) is 19.6 Å². The molecule has 1 unspecified atom stereocenters. The molecule has 1 aliphatic carbocycles. The number of hydrogen-bond donors (Lipinski definition) is 1. The molecule has 2 rings (SSSR count). The number of nitriles is 1. The van der Waals surface area contributed by atoms with Gasteiger partial charge in [-0.25, -0.2) is 0 Å². The smallest absolute Gasteiger partial charge is 0.106 e. The Morgan fingerprint density at radius 1 is 1.40 bits per heavy atom. The molecular formula is C17H31N3. The van der Waals surface area contributed by atoms with Crippen molar-refractivity contribution in [3.05, 3.63) is 0 Å². The summed E-state index contributed by atoms with van der Waals surface area (Å²) in [5.41, 5.74) is 0.202. The van der Waals surface area contributed by atoms with Gasteiger partial charge in [-0.05, 0) is 63.5 Å². The van der Waals surface area contributed by atoms with Gasteiger partial charge in [0.15, 0.2) is 0 Å². The van der Waals surface area contributed by atoms with Crippen molar-refractivity contribution >= 4 is 0 Å². The Balaban J connectivity index is 1.76. The highest BCUT2D eigenvalue weighted by molar-refractivity contribution is 5.09. The molecule has 1 saturated heterocycles. The molecule has 1 atom stereocenters. The van der Waals surface area contributed by atoms with Crippen molar-refractivity contribution in [1.29, 1.82) is 5.26 Å². The van der Waals surface area contributed by atoms with Crippen molar-refractivity contribution in [3.8, 4) is 6.07 Å². The minimum atomic E-state index is -0.271. The molecule has 20 heavy (non-hydrogen) atoms. The first-order chi connectivity index (χ1) is 9.49. The number of rotatable bonds is 7. The third-order valence-electron chi connectivity index (χ3n) is 4.93. The van der Waals surface area contributed by atoms with E-state index in [9.17, 15) is 5.26 Å². The second kappa shape index (κ2) is 6.45. The van der Waals surface area contributed by atoms with Crippen molar-refractivity contribution in [2.45, 2.75) is 77.3 Å². The van der Waals surface area contributed by atoms with Crippen LogP contribution in [0, 0.1) is 16.7 Å². The number of nitrogens with zero attached hydrogens (tertiary/aromatic N) is 2. The predicted octanol–water partition coefficient (Wildman–Crippen LogP) is 3.31. The standard InChI is InChI=1S/C17H31N3/c1-4-17(13-18,19-15-7-8-15)10-6-12-20-11-5-9-16(2,3)14-20/h15,19H,4-12,14H2,1-3H3. The van der Waals surface area contributed by atoms with E-state index in [4.69, 9.17) is 0 Å². The zero-order valence-electron chi connectivity index (χ0n) is 13.5. The van der Waals surface area contributed by atoms with Crippen LogP contribution >= 0.6 is 0 Å². The van der Waals surface area contributed by atoms with Crippen LogP contribution in [0.15, 0.2) is 0 Å². The molecule has 0 aromatic carbocycles. The van der Waals surface area contributed by atoms with Crippen LogP contribution in [0.5, 0.6) is 0 Å². The van der Waals surface area contributed by atoms with E-state index in [1.165, 1.54) is 38.8 Å². The minimum absolute atomic E-state index is 0.271. The molecule has 1 aliphatic heterocycles. The van der Waals surface area contributed by atoms with E-state index in [1.807, 2.05) is 0 Å². The van der Waals surface area contributed by atoms with Crippen molar-refractivity contribution in [1.82, 2.24) is 10.2 Å². The quantitative estimate of drug-likeness (QED) is 0.776. The van der Waals surface area contributed by atoms with Crippen LogP contribution in [0.1, 0.15) is 65.7 Å². The molecule has 3 heteroatoms. The SMILES string of the molecule is CCC(C#N)(CCCN1CCCC(C)(C)C1)NC1CC1. The van der Waals surface area contributed by atoms with Crippen molar-refractivity contribution < 1.29 is 0 Å². The first-order valence-electron chi connectivity index (χ1n) is 8.40. The lowest BCUT2D eigenvalue weighted by Crippen LogP contribution is -2.46. The van der Waals surface area contributed by atoms with E-state index >= 15 is 0 Å². The van der Waals surface area contributed by atoms with Gasteiger partial charge in [0, 0.05) is 12.6 Å². The minimum Gasteiger partial charge on any atom is -0.303 e. The highest BCUT2D eigenvalue weighted by Gasteiger charge is 2.35. The predicted molar refractivity (Wildman–Crippen MR) is 83.5 cm³/mol. The fourth-order valence-corrected chi connectivity index (χ4v) is 3.48. The molecule has 0 radical (unpaired) electrons. The van der Waals surface area contributed by atoms with Gasteiger partial charge >= 0.3 is 0 Å². The van der Waals surface area contributed by atoms with Gasteiger partial charge in [0.2, 0.25) is 0 Å². The van der Waals surface area contributed by atoms with Gasteiger partial charge in [-0.3, -0.25) is 5.32 Å². The van der Waals surface area contributed by atoms with Crippen LogP contribution in [0.2, 0.25) is 0 Å². The van der Waals surface area contributed by atoms with Gasteiger partial charge in [0.05, 0.1) is 6.07 Å². The Hall–Kier alpha value is -0.590. The molecule has 1 heterocycles. The summed E-state index contributed by atoms with van der Waals surface area (Å²) in [5.74, 6) is 0. The molecule has 3 nitrogen and oxygen atoms in total. The fourth-order valence-electron chi connectivity index (χ4n) is 3.48. The fraction of sp³-hybridized carbons (Fsp3) is 0.941. The van der Waals surface area contributed by atoms with Gasteiger partial charge in [0.25, 0.3) is 0 Å². The summed E-state index contributed by atoms with van der Waals surface area (Å²) in [6.45, 7) is 10.5. The molecule has 0 bridgehead atoms. The van der Waals surface area contributed by atoms with Crippen molar-refractivity contribution in [3.63, 3.8) is 0 Å². The molecular weight excluding hydrogens is 246 g/mol. The average Bonchev–Trinajstić information content (AvgIpc) is 3.20. The molecule has 0 spiro atoms. The Bertz CT molecular complexity index is 354. The third kappa shape index (κ3) is 4.46. The van der Waals surface area contributed by atoms with Crippen molar-refractivity contribution in [2.24, 2.45) is 5.41 Å². The van der Waals surface area contributed by atoms with E-state index in [0.29, 0.717) is 11.5 Å². The van der Waals surface area contributed by atoms with Crippen LogP contribution in [0.4, 0.5) is 0 Å². The first kappa shape index (κ1) is 15.8. The maximum atomic E-state index is 9.55. The lowest BCUT2D eigenvalue weighted by molar-refractivity contribution is 0.114. The van der Waals surface area contributed by atoms with E-state index in [2.05, 4.69) is 37.1 Å². The zero-order chi connectivity index (χ0) is 14.6. The van der Waals surface area contributed by atoms with Crippen LogP contribution in [0.25, 0.3) is 0 Å². The Morgan fingerprint density at radius 3 is 2.70 bits per heavy atom. The van der Waals surface area contributed by atoms with Gasteiger partial charge in [0.1, 0.15) is 5.54 Å². The molecule has 114 valence electrons. The first-order valence-corrected chi connectivity index (χ1v) is 8.40. The number of likely N-dealkylation sites (tertiary alicyclic amines) is 1. The van der Waals surface area contributed by atoms with E-state index < -0.39 is 0 Å². The normalized spacial score (nSPS) is 25.9. The van der Waals surface area contributed by atoms with Crippen LogP contribution < -0.4 is 5.32 Å². The maximum Gasteiger partial charge on any atom is 0.106 e. The topological polar surface area (TPSA) is 39.1 Å². The lowest BCUT2D eigenvalue weighted by Gasteiger charge is -2.38. The van der Waals surface area contributed by atoms with Gasteiger partial charge in [-0.15, -0.1) is 0 Å². The van der Waals surface area contributed by atoms with E-state index in [1.54, 1.807) is 0 Å². The number of piperidine rings is 1. The second-order valence-electron chi connectivity index (χ2n) is 7.61. The van der Waals surface area contributed by atoms with E-state index in [0.717, 1.165) is 25.8 Å². The summed E-state index contributed by atoms with van der Waals surface area (Å²) >= 11 is 0. The Labute approximate surface area is 124 Å². The highest BCUT2D eigenvalue weighted by atomic mass is 15.1. The van der Waals surface area contributed by atoms with Crippen LogP contribution in [-0.2, 0) is 0 Å². The zero-order valence-corrected chi connectivity index (χ0v) is 13.5. The molecule has 0 aromatic rings. The maximum absolute atomic E-state index is 9.55. The molecule has 0 aromatic heterocycles. The second-order valence-corrected chi connectivity index (χ2v) is 7.61. The monoisotopic (exact) mass is 277 g/mol. The summed E-state index contributed by atoms with van der Waals surface area (Å²) in [6, 6.07) is 3.18. The highest BCUT2D eigenvalue weighted by Crippen LogP contribution is 2.30. The molecule has 1 N–H and O–H groups in total. The lowest BCUT2D eigenvalue weighted by atomic mass is 9.84. The number of nitrogens with one attached hydrogen (secondary N) is 1. The van der Waals surface area contributed by atoms with Gasteiger partial charge in [-0.1, -0.05) is 20.8 Å². The average molecular weight is 277 g/mol. The summed E-state index contributed by atoms with van der Waals surface area (Å²) in [5, 5.41) is 13.1. The summed E-state index contributed by atoms with van der Waals surface area (Å²) < 4.78 is 0. The Kier molecular flexibility index (Phi) is 5.09. The molecule has 1 saturated carbocycles. The molecule has 0 amide bonds. The van der Waals surface area contributed by atoms with Gasteiger partial charge in [-0.2, -0.15) is 5.26 Å². The third-order valence-corrected chi connectivity index (χ3v) is 4.93. The molecule has 2 fully saturated rings. The largest absolute Gasteiger partial charge is 0.303 e. The number of hydrogen-bond acceptors (Lipinski definition) is 3. The summed E-state index contributed by atoms with van der Waals surface area (Å²) in [6.07, 6.45) is 8.23. The molecule has 2 aliphatic rings. The summed E-state index contributed by atoms with van der Waals surface area (Å²) in [7, 11) is 0. The van der Waals surface area contributed by atoms with Gasteiger partial charge < -0.3 is 4.90 Å². The van der Waals surface area contributed by atoms with Crippen LogP contribution in [-0.4, -0.2) is 36.1 Å².